The molecule has 0 aliphatic carbocycles. The van der Waals surface area contributed by atoms with Gasteiger partial charge in [-0.3, -0.25) is 4.79 Å². The molecule has 0 aliphatic rings. The summed E-state index contributed by atoms with van der Waals surface area (Å²) in [6.07, 6.45) is 0.506. The van der Waals surface area contributed by atoms with E-state index in [1.165, 1.54) is 12.1 Å². The summed E-state index contributed by atoms with van der Waals surface area (Å²) in [5, 5.41) is 9.25. The van der Waals surface area contributed by atoms with Gasteiger partial charge in [0.15, 0.2) is 0 Å². The number of nitrogens with two attached hydrogens (primary N) is 1. The largest absolute Gasteiger partial charge is 0.435 e. The monoisotopic (exact) mass is 298 g/mol. The van der Waals surface area contributed by atoms with E-state index in [9.17, 15) is 13.6 Å². The molecule has 2 rings (SSSR count). The number of aromatic nitrogens is 2. The van der Waals surface area contributed by atoms with Gasteiger partial charge in [-0.1, -0.05) is 12.1 Å². The number of anilines is 1. The molecule has 7 nitrogen and oxygen atoms in total. The highest BCUT2D eigenvalue weighted by Crippen LogP contribution is 2.15. The van der Waals surface area contributed by atoms with Gasteiger partial charge in [0.1, 0.15) is 5.75 Å². The van der Waals surface area contributed by atoms with E-state index in [-0.39, 0.29) is 17.3 Å². The highest BCUT2D eigenvalue weighted by atomic mass is 19.3. The van der Waals surface area contributed by atoms with E-state index in [4.69, 9.17) is 5.73 Å². The summed E-state index contributed by atoms with van der Waals surface area (Å²) in [6, 6.07) is 6.14. The van der Waals surface area contributed by atoms with Crippen LogP contribution in [0.25, 0.3) is 0 Å². The molecular weight excluding hydrogens is 286 g/mol. The summed E-state index contributed by atoms with van der Waals surface area (Å²) in [4.78, 5) is 11.6. The van der Waals surface area contributed by atoms with Crippen LogP contribution in [0.2, 0.25) is 0 Å². The maximum atomic E-state index is 12.0. The second-order valence-corrected chi connectivity index (χ2v) is 4.03. The molecule has 1 aromatic carbocycles. The number of amides is 1. The first-order chi connectivity index (χ1) is 10.1. The van der Waals surface area contributed by atoms with Crippen LogP contribution in [0.5, 0.6) is 5.75 Å². The topological polar surface area (TPSA) is 103 Å². The van der Waals surface area contributed by atoms with Gasteiger partial charge in [0, 0.05) is 6.54 Å². The molecule has 0 atom stereocenters. The number of nitrogens with zero attached hydrogens (tertiary/aromatic N) is 2. The lowest BCUT2D eigenvalue weighted by atomic mass is 10.1. The van der Waals surface area contributed by atoms with Gasteiger partial charge >= 0.3 is 6.61 Å². The minimum atomic E-state index is -2.85. The third-order valence-electron chi connectivity index (χ3n) is 2.58. The van der Waals surface area contributed by atoms with Crippen molar-refractivity contribution in [2.24, 2.45) is 0 Å². The van der Waals surface area contributed by atoms with Crippen LogP contribution in [-0.4, -0.2) is 29.4 Å². The van der Waals surface area contributed by atoms with Gasteiger partial charge in [-0.05, 0) is 34.4 Å². The second-order valence-electron chi connectivity index (χ2n) is 4.03. The van der Waals surface area contributed by atoms with E-state index < -0.39 is 12.5 Å². The first-order valence-corrected chi connectivity index (χ1v) is 5.96. The number of benzene rings is 1. The normalized spacial score (nSPS) is 10.6. The minimum absolute atomic E-state index is 0.0734. The first-order valence-electron chi connectivity index (χ1n) is 5.96. The van der Waals surface area contributed by atoms with Crippen LogP contribution < -0.4 is 15.8 Å². The lowest BCUT2D eigenvalue weighted by Gasteiger charge is -2.06. The summed E-state index contributed by atoms with van der Waals surface area (Å²) in [7, 11) is 0. The van der Waals surface area contributed by atoms with Gasteiger partial charge in [-0.15, -0.1) is 0 Å². The van der Waals surface area contributed by atoms with E-state index >= 15 is 0 Å². The number of hydrogen-bond donors (Lipinski definition) is 2. The molecule has 0 spiro atoms. The molecule has 9 heteroatoms. The average molecular weight is 298 g/mol. The summed E-state index contributed by atoms with van der Waals surface area (Å²) >= 11 is 0. The fraction of sp³-hybridized carbons (Fsp3) is 0.250. The Morgan fingerprint density at radius 2 is 2.05 bits per heavy atom. The highest BCUT2D eigenvalue weighted by Gasteiger charge is 2.15. The van der Waals surface area contributed by atoms with Crippen LogP contribution >= 0.6 is 0 Å². The summed E-state index contributed by atoms with van der Waals surface area (Å²) in [6.45, 7) is -2.53. The number of halogens is 2. The van der Waals surface area contributed by atoms with Crippen molar-refractivity contribution in [1.29, 1.82) is 0 Å². The molecular formula is C12H12F2N4O3. The second kappa shape index (κ2) is 6.64. The Hall–Kier alpha value is -2.71. The Morgan fingerprint density at radius 3 is 2.62 bits per heavy atom. The molecule has 21 heavy (non-hydrogen) atoms. The molecule has 1 amide bonds. The smallest absolute Gasteiger partial charge is 0.387 e. The van der Waals surface area contributed by atoms with E-state index in [0.29, 0.717) is 13.0 Å². The quantitative estimate of drug-likeness (QED) is 0.831. The number of carbonyl (C=O) groups is 1. The van der Waals surface area contributed by atoms with E-state index in [1.807, 2.05) is 0 Å². The fourth-order valence-electron chi connectivity index (χ4n) is 1.59. The third kappa shape index (κ3) is 4.13. The number of carbonyl (C=O) groups excluding carboxylic acids is 1. The van der Waals surface area contributed by atoms with Gasteiger partial charge in [-0.2, -0.15) is 8.78 Å². The Labute approximate surface area is 118 Å². The number of nitrogens with one attached hydrogen (secondary N) is 1. The molecule has 0 aliphatic heterocycles. The Morgan fingerprint density at radius 1 is 1.33 bits per heavy atom. The van der Waals surface area contributed by atoms with Crippen molar-refractivity contribution >= 4 is 11.7 Å². The molecule has 1 heterocycles. The molecule has 0 saturated carbocycles. The van der Waals surface area contributed by atoms with E-state index in [2.05, 4.69) is 25.0 Å². The highest BCUT2D eigenvalue weighted by molar-refractivity contribution is 5.95. The number of nitrogen functional groups attached to an aromatic ring is 1. The Bertz CT molecular complexity index is 601. The molecule has 3 N–H and O–H groups in total. The number of rotatable bonds is 6. The predicted octanol–water partition coefficient (Wildman–Crippen LogP) is 1.23. The lowest BCUT2D eigenvalue weighted by molar-refractivity contribution is -0.0498. The number of ether oxygens (including phenoxy) is 1. The van der Waals surface area contributed by atoms with E-state index in [0.717, 1.165) is 5.56 Å². The van der Waals surface area contributed by atoms with Crippen molar-refractivity contribution in [3.63, 3.8) is 0 Å². The first kappa shape index (κ1) is 14.7. The van der Waals surface area contributed by atoms with Crippen LogP contribution in [0.3, 0.4) is 0 Å². The minimum Gasteiger partial charge on any atom is -0.435 e. The zero-order chi connectivity index (χ0) is 15.2. The van der Waals surface area contributed by atoms with Crippen molar-refractivity contribution in [1.82, 2.24) is 15.6 Å². The van der Waals surface area contributed by atoms with Crippen molar-refractivity contribution in [3.8, 4) is 5.75 Å². The van der Waals surface area contributed by atoms with Gasteiger partial charge in [-0.25, -0.2) is 4.63 Å². The van der Waals surface area contributed by atoms with Crippen LogP contribution in [0.1, 0.15) is 16.1 Å². The molecule has 0 saturated heterocycles. The van der Waals surface area contributed by atoms with Gasteiger partial charge in [0.05, 0.1) is 0 Å². The van der Waals surface area contributed by atoms with Crippen LogP contribution in [0, 0.1) is 0 Å². The Balaban J connectivity index is 1.81. The lowest BCUT2D eigenvalue weighted by Crippen LogP contribution is -2.26. The van der Waals surface area contributed by atoms with Crippen molar-refractivity contribution < 1.29 is 22.9 Å². The average Bonchev–Trinajstić information content (AvgIpc) is 2.86. The predicted molar refractivity (Wildman–Crippen MR) is 67.8 cm³/mol. The fourth-order valence-corrected chi connectivity index (χ4v) is 1.59. The standard InChI is InChI=1S/C12H12F2N4O3/c13-12(14)20-8-3-1-7(2-4-8)5-6-16-11(19)9-10(15)18-21-17-9/h1-4,12H,5-6H2,(H2,15,18)(H,16,19). The number of alkyl halides is 2. The van der Waals surface area contributed by atoms with Gasteiger partial charge in [0.2, 0.25) is 11.5 Å². The van der Waals surface area contributed by atoms with Gasteiger partial charge < -0.3 is 15.8 Å². The zero-order valence-electron chi connectivity index (χ0n) is 10.8. The number of hydrogen-bond acceptors (Lipinski definition) is 6. The van der Waals surface area contributed by atoms with Crippen LogP contribution in [-0.2, 0) is 6.42 Å². The molecule has 2 aromatic rings. The molecule has 0 bridgehead atoms. The molecule has 112 valence electrons. The molecule has 0 unspecified atom stereocenters. The van der Waals surface area contributed by atoms with Gasteiger partial charge in [0.25, 0.3) is 5.91 Å². The Kier molecular flexibility index (Phi) is 4.64. The maximum absolute atomic E-state index is 12.0. The molecule has 1 aromatic heterocycles. The van der Waals surface area contributed by atoms with Crippen LogP contribution in [0.15, 0.2) is 28.9 Å². The van der Waals surface area contributed by atoms with Crippen molar-refractivity contribution in [2.45, 2.75) is 13.0 Å². The summed E-state index contributed by atoms with van der Waals surface area (Å²) < 4.78 is 32.5. The SMILES string of the molecule is Nc1nonc1C(=O)NCCc1ccc(OC(F)F)cc1. The maximum Gasteiger partial charge on any atom is 0.387 e. The third-order valence-corrected chi connectivity index (χ3v) is 2.58. The van der Waals surface area contributed by atoms with E-state index in [1.54, 1.807) is 12.1 Å². The molecule has 0 radical (unpaired) electrons. The summed E-state index contributed by atoms with van der Waals surface area (Å²) in [5.74, 6) is -0.494. The van der Waals surface area contributed by atoms with Crippen LogP contribution in [0.4, 0.5) is 14.6 Å². The van der Waals surface area contributed by atoms with Crippen molar-refractivity contribution in [3.05, 3.63) is 35.5 Å². The zero-order valence-corrected chi connectivity index (χ0v) is 10.8. The van der Waals surface area contributed by atoms with Crippen molar-refractivity contribution in [2.75, 3.05) is 12.3 Å². The summed E-state index contributed by atoms with van der Waals surface area (Å²) in [5.41, 5.74) is 6.15. The molecule has 0 fully saturated rings.